The topological polar surface area (TPSA) is 23.8 Å². The van der Waals surface area contributed by atoms with Crippen molar-refractivity contribution in [1.82, 2.24) is 0 Å². The summed E-state index contributed by atoms with van der Waals surface area (Å²) < 4.78 is 0. The number of fused-ring (bicyclic) bond motifs is 1. The third-order valence-electron chi connectivity index (χ3n) is 1.76. The first-order chi connectivity index (χ1) is 6.86. The normalized spacial score (nSPS) is 8.25. The van der Waals surface area contributed by atoms with Crippen molar-refractivity contribution < 1.29 is 21.7 Å². The Morgan fingerprint density at radius 1 is 1.00 bits per heavy atom. The Morgan fingerprint density at radius 3 is 1.80 bits per heavy atom. The zero-order valence-electron chi connectivity index (χ0n) is 13.3. The largest absolute Gasteiger partial charge is 4.00 e. The summed E-state index contributed by atoms with van der Waals surface area (Å²) in [6.07, 6.45) is 0. The maximum absolute atomic E-state index is 6.94. The summed E-state index contributed by atoms with van der Waals surface area (Å²) in [6.45, 7) is 7.69. The van der Waals surface area contributed by atoms with Gasteiger partial charge in [-0.2, -0.15) is 6.07 Å². The van der Waals surface area contributed by atoms with E-state index in [1.165, 1.54) is 16.3 Å². The molecule has 1 N–H and O–H groups in total. The Balaban J connectivity index is -0.0000000683. The van der Waals surface area contributed by atoms with Crippen molar-refractivity contribution in [3.8, 4) is 0 Å². The van der Waals surface area contributed by atoms with E-state index in [1.807, 2.05) is 20.8 Å². The van der Waals surface area contributed by atoms with Crippen molar-refractivity contribution in [2.75, 3.05) is 0 Å². The van der Waals surface area contributed by atoms with Crippen molar-refractivity contribution in [2.45, 2.75) is 33.2 Å². The summed E-state index contributed by atoms with van der Waals surface area (Å²) in [5.41, 5.74) is 8.04. The molecule has 0 unspecified atom stereocenters. The molecule has 0 fully saturated rings. The maximum Gasteiger partial charge on any atom is 4.00 e. The van der Waals surface area contributed by atoms with Crippen LogP contribution in [0.3, 0.4) is 0 Å². The first-order valence-corrected chi connectivity index (χ1v) is 5.23. The minimum absolute atomic E-state index is 0. The number of hydrogen-bond acceptors (Lipinski definition) is 0. The molecule has 0 spiro atoms. The number of aryl methyl sites for hydroxylation is 1. The molecule has 114 valence electrons. The number of halogens is 2. The zero-order chi connectivity index (χ0) is 11.5. The molecule has 1 nitrogen and oxygen atoms in total. The molecule has 2 rings (SSSR count). The van der Waals surface area contributed by atoms with Crippen LogP contribution < -0.4 is 0 Å². The molecule has 0 aliphatic rings. The van der Waals surface area contributed by atoms with Gasteiger partial charge in [-0.05, 0) is 0 Å². The summed E-state index contributed by atoms with van der Waals surface area (Å²) >= 11 is 0. The molecule has 0 atom stereocenters. The third kappa shape index (κ3) is 14.5. The molecule has 0 aliphatic heterocycles. The van der Waals surface area contributed by atoms with E-state index >= 15 is 0 Å². The Kier molecular flexibility index (Phi) is 22.6. The number of hydrogen-bond donors (Lipinski definition) is 0. The van der Waals surface area contributed by atoms with E-state index in [9.17, 15) is 0 Å². The third-order valence-corrected chi connectivity index (χ3v) is 1.76. The number of nitrogens with one attached hydrogen (secondary N) is 1. The second kappa shape index (κ2) is 14.0. The van der Waals surface area contributed by atoms with Crippen molar-refractivity contribution in [3.63, 3.8) is 0 Å². The molecule has 4 heteroatoms. The molecular formula is C16H27Cl2NTi. The molecule has 2 aromatic rings. The summed E-state index contributed by atoms with van der Waals surface area (Å²) in [7, 11) is 0. The molecule has 0 bridgehead atoms. The Hall–Kier alpha value is 0.0843. The smallest absolute Gasteiger partial charge is 0.673 e. The first kappa shape index (κ1) is 32.1. The van der Waals surface area contributed by atoms with Crippen molar-refractivity contribution in [1.29, 1.82) is 0 Å². The fraction of sp³-hybridized carbons (Fsp3) is 0.312. The van der Waals surface area contributed by atoms with Crippen LogP contribution in [-0.2, 0) is 21.7 Å². The number of rotatable bonds is 0. The van der Waals surface area contributed by atoms with Crippen LogP contribution in [0.1, 0.15) is 26.3 Å². The average Bonchev–Trinajstić information content (AvgIpc) is 2.40. The van der Waals surface area contributed by atoms with Crippen molar-refractivity contribution >= 4 is 35.6 Å². The van der Waals surface area contributed by atoms with E-state index in [0.29, 0.717) is 0 Å². The van der Waals surface area contributed by atoms with Crippen LogP contribution in [0.4, 0.5) is 0 Å². The van der Waals surface area contributed by atoms with Gasteiger partial charge in [0.25, 0.3) is 0 Å². The Bertz CT molecular complexity index is 394. The molecule has 0 saturated heterocycles. The standard InChI is InChI=1S/C10H9.C4H10N.2CH3.2ClH.Ti/c1-8-6-9-4-2-3-5-10(9)7-8;1-4(2,3)5;;;;;/h2-7H,1H3;5H,1-3H3;2*1H3;2*1H;/q4*-1;;;+4. The average molecular weight is 352 g/mol. The summed E-state index contributed by atoms with van der Waals surface area (Å²) in [5, 5.41) is 2.69. The predicted octanol–water partition coefficient (Wildman–Crippen LogP) is 6.45. The summed E-state index contributed by atoms with van der Waals surface area (Å²) in [6, 6.07) is 12.8. The van der Waals surface area contributed by atoms with Crippen LogP contribution in [0.2, 0.25) is 0 Å². The molecule has 0 aliphatic carbocycles. The Morgan fingerprint density at radius 2 is 1.40 bits per heavy atom. The van der Waals surface area contributed by atoms with E-state index in [2.05, 4.69) is 43.3 Å². The zero-order valence-corrected chi connectivity index (χ0v) is 16.5. The number of benzene rings is 1. The summed E-state index contributed by atoms with van der Waals surface area (Å²) in [4.78, 5) is 0. The fourth-order valence-electron chi connectivity index (χ4n) is 1.31. The van der Waals surface area contributed by atoms with Crippen LogP contribution >= 0.6 is 24.8 Å². The van der Waals surface area contributed by atoms with E-state index in [1.54, 1.807) is 0 Å². The quantitative estimate of drug-likeness (QED) is 0.385. The minimum Gasteiger partial charge on any atom is -0.673 e. The molecule has 0 saturated carbocycles. The van der Waals surface area contributed by atoms with Gasteiger partial charge in [0.2, 0.25) is 0 Å². The molecule has 0 radical (unpaired) electrons. The molecule has 0 amide bonds. The maximum atomic E-state index is 6.94. The molecular weight excluding hydrogens is 325 g/mol. The fourth-order valence-corrected chi connectivity index (χ4v) is 1.31. The van der Waals surface area contributed by atoms with Gasteiger partial charge in [-0.3, -0.25) is 0 Å². The van der Waals surface area contributed by atoms with Gasteiger partial charge < -0.3 is 20.6 Å². The van der Waals surface area contributed by atoms with Crippen LogP contribution in [0.25, 0.3) is 16.5 Å². The van der Waals surface area contributed by atoms with Gasteiger partial charge in [0, 0.05) is 0 Å². The van der Waals surface area contributed by atoms with Gasteiger partial charge in [-0.25, -0.2) is 0 Å². The van der Waals surface area contributed by atoms with E-state index in [4.69, 9.17) is 5.73 Å². The predicted molar refractivity (Wildman–Crippen MR) is 95.7 cm³/mol. The van der Waals surface area contributed by atoms with Crippen molar-refractivity contribution in [3.05, 3.63) is 62.5 Å². The SMILES string of the molecule is CC(C)(C)[NH-].Cc1cc2ccccc2[cH-]1.Cl.Cl.[CH3-].[CH3-].[Ti+4]. The van der Waals surface area contributed by atoms with Crippen molar-refractivity contribution in [2.24, 2.45) is 0 Å². The van der Waals surface area contributed by atoms with E-state index in [0.717, 1.165) is 0 Å². The Labute approximate surface area is 152 Å². The van der Waals surface area contributed by atoms with Gasteiger partial charge in [-0.15, -0.1) is 71.0 Å². The van der Waals surface area contributed by atoms with Gasteiger partial charge >= 0.3 is 21.7 Å². The van der Waals surface area contributed by atoms with Gasteiger partial charge in [0.15, 0.2) is 0 Å². The van der Waals surface area contributed by atoms with Crippen LogP contribution in [0.15, 0.2) is 36.4 Å². The molecule has 0 heterocycles. The molecule has 0 aromatic heterocycles. The minimum atomic E-state index is -0.250. The molecule has 20 heavy (non-hydrogen) atoms. The monoisotopic (exact) mass is 351 g/mol. The van der Waals surface area contributed by atoms with Crippen LogP contribution in [0.5, 0.6) is 0 Å². The first-order valence-electron chi connectivity index (χ1n) is 5.23. The second-order valence-corrected chi connectivity index (χ2v) is 4.91. The van der Waals surface area contributed by atoms with E-state index in [-0.39, 0.29) is 66.9 Å². The van der Waals surface area contributed by atoms with Gasteiger partial charge in [0.05, 0.1) is 0 Å². The van der Waals surface area contributed by atoms with Gasteiger partial charge in [-0.1, -0.05) is 33.8 Å². The summed E-state index contributed by atoms with van der Waals surface area (Å²) in [5.74, 6) is 0. The van der Waals surface area contributed by atoms with E-state index < -0.39 is 0 Å². The second-order valence-electron chi connectivity index (χ2n) is 4.91. The van der Waals surface area contributed by atoms with Crippen LogP contribution in [-0.4, -0.2) is 5.54 Å². The molecule has 2 aromatic carbocycles. The van der Waals surface area contributed by atoms with Gasteiger partial charge in [0.1, 0.15) is 0 Å². The van der Waals surface area contributed by atoms with Crippen LogP contribution in [0, 0.1) is 21.8 Å².